The highest BCUT2D eigenvalue weighted by atomic mass is 35.5. The molecule has 4 heterocycles. The molecule has 1 unspecified atom stereocenters. The Balaban J connectivity index is 1.08. The summed E-state index contributed by atoms with van der Waals surface area (Å²) in [4.78, 5) is 39.6. The van der Waals surface area contributed by atoms with Crippen LogP contribution in [0.3, 0.4) is 0 Å². The lowest BCUT2D eigenvalue weighted by atomic mass is 9.94. The number of nitrogens with two attached hydrogens (primary N) is 1. The largest absolute Gasteiger partial charge is 0.415 e. The van der Waals surface area contributed by atoms with Gasteiger partial charge in [-0.3, -0.25) is 9.36 Å². The molecule has 1 aliphatic carbocycles. The highest BCUT2D eigenvalue weighted by Gasteiger charge is 2.48. The van der Waals surface area contributed by atoms with E-state index in [2.05, 4.69) is 32.1 Å². The Morgan fingerprint density at radius 3 is 2.57 bits per heavy atom. The third kappa shape index (κ3) is 5.98. The number of fused-ring (bicyclic) bond motifs is 1. The number of carbonyl (C=O) groups is 2. The van der Waals surface area contributed by atoms with Crippen molar-refractivity contribution in [3.63, 3.8) is 0 Å². The van der Waals surface area contributed by atoms with Crippen LogP contribution in [0.4, 0.5) is 10.6 Å². The molecule has 3 aromatic rings. The number of hydrogen-bond acceptors (Lipinski definition) is 10. The molecule has 4 atom stereocenters. The average molecular weight is 596 g/mol. The summed E-state index contributed by atoms with van der Waals surface area (Å²) in [5, 5.41) is 24.5. The number of imidazole rings is 1. The average Bonchev–Trinajstić information content (AvgIpc) is 3.61. The number of nitrogen functional groups attached to an aromatic ring is 1. The minimum Gasteiger partial charge on any atom is -0.410 e. The zero-order chi connectivity index (χ0) is 29.4. The second kappa shape index (κ2) is 11.7. The molecule has 2 amide bonds. The van der Waals surface area contributed by atoms with Crippen molar-refractivity contribution in [3.8, 4) is 17.6 Å². The third-order valence-corrected chi connectivity index (χ3v) is 7.88. The number of ether oxygens (including phenoxy) is 2. The van der Waals surface area contributed by atoms with Crippen LogP contribution in [-0.4, -0.2) is 84.1 Å². The van der Waals surface area contributed by atoms with Gasteiger partial charge in [-0.25, -0.2) is 19.7 Å². The first-order valence-electron chi connectivity index (χ1n) is 13.8. The van der Waals surface area contributed by atoms with E-state index < -0.39 is 36.5 Å². The van der Waals surface area contributed by atoms with Crippen molar-refractivity contribution in [1.29, 1.82) is 0 Å². The fourth-order valence-corrected chi connectivity index (χ4v) is 5.19. The number of anilines is 1. The predicted molar refractivity (Wildman–Crippen MR) is 150 cm³/mol. The number of halogens is 1. The van der Waals surface area contributed by atoms with Crippen molar-refractivity contribution in [3.05, 3.63) is 41.4 Å². The van der Waals surface area contributed by atoms with Crippen LogP contribution in [0.5, 0.6) is 5.75 Å². The summed E-state index contributed by atoms with van der Waals surface area (Å²) in [6.07, 6.45) is -0.282. The van der Waals surface area contributed by atoms with Gasteiger partial charge in [-0.05, 0) is 61.8 Å². The monoisotopic (exact) mass is 595 g/mol. The number of nitrogens with one attached hydrogen (secondary N) is 1. The van der Waals surface area contributed by atoms with Gasteiger partial charge in [-0.2, -0.15) is 0 Å². The SMILES string of the molecule is Nc1nc(C#CCC2CCN(C(=O)Oc3ccc(Cl)cc3)CC2)nc2c1ncn2[C@@H]1O[C@H](C(=O)NC2CC2)C(O)[C@@H]1O. The summed E-state index contributed by atoms with van der Waals surface area (Å²) in [6, 6.07) is 6.72. The van der Waals surface area contributed by atoms with Crippen molar-refractivity contribution in [1.82, 2.24) is 29.7 Å². The van der Waals surface area contributed by atoms with E-state index in [-0.39, 0.29) is 34.8 Å². The van der Waals surface area contributed by atoms with Crippen LogP contribution in [0.25, 0.3) is 11.2 Å². The molecule has 0 bridgehead atoms. The van der Waals surface area contributed by atoms with Crippen LogP contribution in [0, 0.1) is 17.8 Å². The molecule has 3 aliphatic rings. The minimum absolute atomic E-state index is 0.0800. The lowest BCUT2D eigenvalue weighted by Gasteiger charge is -2.30. The molecule has 0 radical (unpaired) electrons. The van der Waals surface area contributed by atoms with Crippen molar-refractivity contribution < 1.29 is 29.3 Å². The molecule has 220 valence electrons. The van der Waals surface area contributed by atoms with Gasteiger partial charge in [-0.15, -0.1) is 0 Å². The smallest absolute Gasteiger partial charge is 0.410 e. The highest BCUT2D eigenvalue weighted by Crippen LogP contribution is 2.33. The lowest BCUT2D eigenvalue weighted by molar-refractivity contribution is -0.137. The van der Waals surface area contributed by atoms with Gasteiger partial charge in [0, 0.05) is 30.6 Å². The number of piperidine rings is 1. The van der Waals surface area contributed by atoms with Crippen LogP contribution in [0.1, 0.15) is 44.2 Å². The number of amides is 2. The summed E-state index contributed by atoms with van der Waals surface area (Å²) in [7, 11) is 0. The van der Waals surface area contributed by atoms with E-state index in [9.17, 15) is 19.8 Å². The molecule has 3 fully saturated rings. The molecule has 5 N–H and O–H groups in total. The van der Waals surface area contributed by atoms with Crippen LogP contribution in [0.15, 0.2) is 30.6 Å². The molecule has 13 nitrogen and oxygen atoms in total. The number of carbonyl (C=O) groups excluding carboxylic acids is 2. The van der Waals surface area contributed by atoms with Gasteiger partial charge in [0.15, 0.2) is 23.8 Å². The van der Waals surface area contributed by atoms with Crippen molar-refractivity contribution >= 4 is 40.6 Å². The van der Waals surface area contributed by atoms with E-state index in [4.69, 9.17) is 26.8 Å². The Morgan fingerprint density at radius 1 is 1.12 bits per heavy atom. The standard InChI is InChI=1S/C28H30ClN7O6/c29-16-4-8-18(9-5-16)41-28(40)35-12-10-15(11-13-35)2-1-3-19-33-24(30)20-25(34-19)36(14-31-20)27-22(38)21(37)23(42-27)26(39)32-17-6-7-17/h4-5,8-9,14-15,17,21-23,27,37-38H,2,6-7,10-13H2,(H,32,39)(H2,30,33,34)/t21?,22-,23-,27+/m0/s1. The maximum atomic E-state index is 12.5. The zero-order valence-electron chi connectivity index (χ0n) is 22.5. The Kier molecular flexibility index (Phi) is 7.87. The van der Waals surface area contributed by atoms with E-state index in [0.29, 0.717) is 30.3 Å². The number of aliphatic hydroxyl groups is 2. The summed E-state index contributed by atoms with van der Waals surface area (Å²) in [5.74, 6) is 6.59. The Morgan fingerprint density at radius 2 is 1.86 bits per heavy atom. The molecule has 42 heavy (non-hydrogen) atoms. The van der Waals surface area contributed by atoms with Gasteiger partial charge in [0.05, 0.1) is 6.33 Å². The molecular formula is C28H30ClN7O6. The van der Waals surface area contributed by atoms with E-state index in [1.807, 2.05) is 0 Å². The van der Waals surface area contributed by atoms with E-state index in [0.717, 1.165) is 25.7 Å². The van der Waals surface area contributed by atoms with Crippen LogP contribution < -0.4 is 15.8 Å². The van der Waals surface area contributed by atoms with Gasteiger partial charge in [-0.1, -0.05) is 17.5 Å². The molecule has 2 saturated heterocycles. The van der Waals surface area contributed by atoms with E-state index in [1.165, 1.54) is 10.9 Å². The number of aromatic nitrogens is 4. The number of nitrogens with zero attached hydrogens (tertiary/aromatic N) is 5. The molecule has 2 aliphatic heterocycles. The van der Waals surface area contributed by atoms with E-state index >= 15 is 0 Å². The number of aliphatic hydroxyl groups excluding tert-OH is 2. The highest BCUT2D eigenvalue weighted by molar-refractivity contribution is 6.30. The molecule has 1 saturated carbocycles. The Labute approximate surface area is 246 Å². The first kappa shape index (κ1) is 28.2. The lowest BCUT2D eigenvalue weighted by Crippen LogP contribution is -2.43. The quantitative estimate of drug-likeness (QED) is 0.317. The van der Waals surface area contributed by atoms with Crippen molar-refractivity contribution in [2.75, 3.05) is 18.8 Å². The first-order chi connectivity index (χ1) is 20.3. The van der Waals surface area contributed by atoms with Crippen LogP contribution in [0.2, 0.25) is 5.02 Å². The van der Waals surface area contributed by atoms with Gasteiger partial charge in [0.2, 0.25) is 5.82 Å². The fourth-order valence-electron chi connectivity index (χ4n) is 5.06. The number of rotatable bonds is 5. The van der Waals surface area contributed by atoms with Crippen molar-refractivity contribution in [2.24, 2.45) is 5.92 Å². The zero-order valence-corrected chi connectivity index (χ0v) is 23.3. The molecular weight excluding hydrogens is 566 g/mol. The second-order valence-corrected chi connectivity index (χ2v) is 11.2. The van der Waals surface area contributed by atoms with Gasteiger partial charge >= 0.3 is 6.09 Å². The molecule has 6 rings (SSSR count). The number of likely N-dealkylation sites (tertiary alicyclic amines) is 1. The Bertz CT molecular complexity index is 1540. The van der Waals surface area contributed by atoms with Crippen LogP contribution in [-0.2, 0) is 9.53 Å². The summed E-state index contributed by atoms with van der Waals surface area (Å²) >= 11 is 5.88. The summed E-state index contributed by atoms with van der Waals surface area (Å²) in [6.45, 7) is 1.12. The molecule has 2 aromatic heterocycles. The van der Waals surface area contributed by atoms with Gasteiger partial charge in [0.1, 0.15) is 23.5 Å². The first-order valence-corrected chi connectivity index (χ1v) is 14.2. The summed E-state index contributed by atoms with van der Waals surface area (Å²) in [5.41, 5.74) is 6.67. The van der Waals surface area contributed by atoms with Crippen LogP contribution >= 0.6 is 11.6 Å². The third-order valence-electron chi connectivity index (χ3n) is 7.63. The van der Waals surface area contributed by atoms with Gasteiger partial charge < -0.3 is 35.6 Å². The normalized spacial score (nSPS) is 24.3. The Hall–Kier alpha value is -3.96. The summed E-state index contributed by atoms with van der Waals surface area (Å²) < 4.78 is 12.6. The van der Waals surface area contributed by atoms with Crippen molar-refractivity contribution in [2.45, 2.75) is 62.7 Å². The predicted octanol–water partition coefficient (Wildman–Crippen LogP) is 1.61. The molecule has 0 spiro atoms. The molecule has 1 aromatic carbocycles. The minimum atomic E-state index is -1.42. The molecule has 14 heteroatoms. The second-order valence-electron chi connectivity index (χ2n) is 10.7. The number of benzene rings is 1. The van der Waals surface area contributed by atoms with E-state index in [1.54, 1.807) is 29.2 Å². The topological polar surface area (TPSA) is 178 Å². The maximum absolute atomic E-state index is 12.5. The van der Waals surface area contributed by atoms with Gasteiger partial charge in [0.25, 0.3) is 5.91 Å². The maximum Gasteiger partial charge on any atom is 0.415 e. The fraction of sp³-hybridized carbons (Fsp3) is 0.464. The number of hydrogen-bond donors (Lipinski definition) is 4.